The molecule has 3 nitrogen and oxygen atoms in total. The molecule has 1 aromatic carbocycles. The number of methoxy groups -OCH3 is 1. The van der Waals surface area contributed by atoms with Gasteiger partial charge in [-0.25, -0.2) is 0 Å². The monoisotopic (exact) mass is 342 g/mol. The van der Waals surface area contributed by atoms with E-state index in [1.54, 1.807) is 5.56 Å². The van der Waals surface area contributed by atoms with Gasteiger partial charge in [0.15, 0.2) is 0 Å². The van der Waals surface area contributed by atoms with Gasteiger partial charge in [0, 0.05) is 26.2 Å². The van der Waals surface area contributed by atoms with Crippen LogP contribution >= 0.6 is 0 Å². The minimum absolute atomic E-state index is 0.675. The first-order valence-electron chi connectivity index (χ1n) is 10.4. The first-order chi connectivity index (χ1) is 12.3. The topological polar surface area (TPSA) is 15.7 Å². The maximum atomic E-state index is 5.39. The van der Waals surface area contributed by atoms with E-state index >= 15 is 0 Å². The van der Waals surface area contributed by atoms with Crippen molar-refractivity contribution in [3.63, 3.8) is 0 Å². The van der Waals surface area contributed by atoms with E-state index in [9.17, 15) is 0 Å². The van der Waals surface area contributed by atoms with E-state index in [0.717, 1.165) is 25.0 Å². The summed E-state index contributed by atoms with van der Waals surface area (Å²) < 4.78 is 5.39. The second-order valence-corrected chi connectivity index (χ2v) is 8.51. The normalized spacial score (nSPS) is 30.7. The fourth-order valence-electron chi connectivity index (χ4n) is 5.10. The van der Waals surface area contributed by atoms with Gasteiger partial charge in [-0.3, -0.25) is 9.80 Å². The predicted molar refractivity (Wildman–Crippen MR) is 103 cm³/mol. The summed E-state index contributed by atoms with van der Waals surface area (Å²) in [6, 6.07) is 10.2. The summed E-state index contributed by atoms with van der Waals surface area (Å²) in [4.78, 5) is 5.27. The number of likely N-dealkylation sites (tertiary alicyclic amines) is 2. The molecule has 138 valence electrons. The highest BCUT2D eigenvalue weighted by atomic mass is 16.5. The van der Waals surface area contributed by atoms with E-state index in [0.29, 0.717) is 6.04 Å². The van der Waals surface area contributed by atoms with Gasteiger partial charge in [-0.2, -0.15) is 0 Å². The van der Waals surface area contributed by atoms with Crippen LogP contribution in [-0.2, 0) is 11.3 Å². The molecule has 4 rings (SSSR count). The van der Waals surface area contributed by atoms with Gasteiger partial charge < -0.3 is 4.74 Å². The Morgan fingerprint density at radius 2 is 1.76 bits per heavy atom. The standard InChI is InChI=1S/C22H34N2O/c1-25-17-22-5-4-12-24(22)16-19-13-21(14-19)20-8-6-18(7-9-20)15-23-10-2-3-11-23/h6-9,19,21-22H,2-5,10-17H2,1H3/t19?,21?,22-/m0/s1. The maximum absolute atomic E-state index is 5.39. The van der Waals surface area contributed by atoms with Gasteiger partial charge in [0.25, 0.3) is 0 Å². The van der Waals surface area contributed by atoms with Crippen molar-refractivity contribution in [1.29, 1.82) is 0 Å². The Hall–Kier alpha value is -0.900. The van der Waals surface area contributed by atoms with Crippen LogP contribution in [0.1, 0.15) is 55.6 Å². The lowest BCUT2D eigenvalue weighted by atomic mass is 9.71. The van der Waals surface area contributed by atoms with Crippen LogP contribution in [0.4, 0.5) is 0 Å². The van der Waals surface area contributed by atoms with Crippen molar-refractivity contribution in [1.82, 2.24) is 9.80 Å². The summed E-state index contributed by atoms with van der Waals surface area (Å²) in [5.74, 6) is 1.70. The molecule has 0 bridgehead atoms. The fourth-order valence-corrected chi connectivity index (χ4v) is 5.10. The second kappa shape index (κ2) is 8.20. The third-order valence-corrected chi connectivity index (χ3v) is 6.64. The van der Waals surface area contributed by atoms with Gasteiger partial charge in [-0.15, -0.1) is 0 Å². The van der Waals surface area contributed by atoms with Crippen molar-refractivity contribution in [3.05, 3.63) is 35.4 Å². The van der Waals surface area contributed by atoms with Crippen LogP contribution in [0.3, 0.4) is 0 Å². The largest absolute Gasteiger partial charge is 0.383 e. The van der Waals surface area contributed by atoms with Crippen LogP contribution in [0.5, 0.6) is 0 Å². The zero-order chi connectivity index (χ0) is 17.1. The highest BCUT2D eigenvalue weighted by Gasteiger charge is 2.34. The van der Waals surface area contributed by atoms with Crippen LogP contribution < -0.4 is 0 Å². The fraction of sp³-hybridized carbons (Fsp3) is 0.727. The number of rotatable bonds is 7. The number of ether oxygens (including phenoxy) is 1. The maximum Gasteiger partial charge on any atom is 0.0618 e. The van der Waals surface area contributed by atoms with Crippen LogP contribution in [0, 0.1) is 5.92 Å². The number of hydrogen-bond acceptors (Lipinski definition) is 3. The third-order valence-electron chi connectivity index (χ3n) is 6.64. The Kier molecular flexibility index (Phi) is 5.74. The minimum Gasteiger partial charge on any atom is -0.383 e. The van der Waals surface area contributed by atoms with Crippen LogP contribution in [-0.4, -0.2) is 55.7 Å². The van der Waals surface area contributed by atoms with E-state index < -0.39 is 0 Å². The molecule has 2 saturated heterocycles. The minimum atomic E-state index is 0.675. The summed E-state index contributed by atoms with van der Waals surface area (Å²) in [7, 11) is 1.84. The van der Waals surface area contributed by atoms with Gasteiger partial charge >= 0.3 is 0 Å². The summed E-state index contributed by atoms with van der Waals surface area (Å²) in [6.45, 7) is 7.19. The number of benzene rings is 1. The molecule has 0 spiro atoms. The molecule has 0 unspecified atom stereocenters. The Balaban J connectivity index is 1.23. The molecule has 0 aromatic heterocycles. The average Bonchev–Trinajstić information content (AvgIpc) is 3.24. The van der Waals surface area contributed by atoms with E-state index in [1.165, 1.54) is 70.3 Å². The van der Waals surface area contributed by atoms with Crippen molar-refractivity contribution in [2.24, 2.45) is 5.92 Å². The molecule has 1 saturated carbocycles. The Morgan fingerprint density at radius 1 is 1.00 bits per heavy atom. The lowest BCUT2D eigenvalue weighted by Crippen LogP contribution is -2.40. The zero-order valence-electron chi connectivity index (χ0n) is 15.8. The van der Waals surface area contributed by atoms with E-state index in [1.807, 2.05) is 7.11 Å². The van der Waals surface area contributed by atoms with Gasteiger partial charge in [-0.05, 0) is 81.1 Å². The first-order valence-corrected chi connectivity index (χ1v) is 10.4. The molecule has 25 heavy (non-hydrogen) atoms. The molecule has 1 aromatic rings. The number of nitrogens with zero attached hydrogens (tertiary/aromatic N) is 2. The number of hydrogen-bond donors (Lipinski definition) is 0. The lowest BCUT2D eigenvalue weighted by molar-refractivity contribution is 0.0879. The molecule has 0 N–H and O–H groups in total. The Morgan fingerprint density at radius 3 is 2.48 bits per heavy atom. The van der Waals surface area contributed by atoms with E-state index in [2.05, 4.69) is 34.1 Å². The van der Waals surface area contributed by atoms with Gasteiger partial charge in [0.05, 0.1) is 6.61 Å². The average molecular weight is 343 g/mol. The zero-order valence-corrected chi connectivity index (χ0v) is 15.8. The van der Waals surface area contributed by atoms with Crippen molar-refractivity contribution in [2.45, 2.75) is 57.0 Å². The van der Waals surface area contributed by atoms with Crippen molar-refractivity contribution < 1.29 is 4.74 Å². The van der Waals surface area contributed by atoms with Crippen molar-refractivity contribution >= 4 is 0 Å². The second-order valence-electron chi connectivity index (χ2n) is 8.51. The molecule has 2 heterocycles. The molecule has 3 fully saturated rings. The quantitative estimate of drug-likeness (QED) is 0.748. The molecule has 1 aliphatic carbocycles. The van der Waals surface area contributed by atoms with Crippen LogP contribution in [0.25, 0.3) is 0 Å². The summed E-state index contributed by atoms with van der Waals surface area (Å²) in [5.41, 5.74) is 3.05. The van der Waals surface area contributed by atoms with Crippen LogP contribution in [0.2, 0.25) is 0 Å². The predicted octanol–water partition coefficient (Wildman–Crippen LogP) is 3.89. The Labute approximate surface area is 153 Å². The molecule has 2 aliphatic heterocycles. The highest BCUT2D eigenvalue weighted by Crippen LogP contribution is 2.42. The SMILES string of the molecule is COC[C@@H]1CCCN1CC1CC(c2ccc(CN3CCCC3)cc2)C1. The molecule has 0 radical (unpaired) electrons. The highest BCUT2D eigenvalue weighted by molar-refractivity contribution is 5.27. The van der Waals surface area contributed by atoms with Gasteiger partial charge in [-0.1, -0.05) is 24.3 Å². The smallest absolute Gasteiger partial charge is 0.0618 e. The van der Waals surface area contributed by atoms with Crippen LogP contribution in [0.15, 0.2) is 24.3 Å². The lowest BCUT2D eigenvalue weighted by Gasteiger charge is -2.39. The molecule has 0 amide bonds. The molecule has 1 atom stereocenters. The summed E-state index contributed by atoms with van der Waals surface area (Å²) in [6.07, 6.45) is 8.18. The van der Waals surface area contributed by atoms with Crippen molar-refractivity contribution in [3.8, 4) is 0 Å². The molecule has 3 aliphatic rings. The first kappa shape index (κ1) is 17.5. The molecular formula is C22H34N2O. The van der Waals surface area contributed by atoms with Gasteiger partial charge in [0.2, 0.25) is 0 Å². The van der Waals surface area contributed by atoms with Gasteiger partial charge in [0.1, 0.15) is 0 Å². The third kappa shape index (κ3) is 4.27. The molecule has 3 heteroatoms. The van der Waals surface area contributed by atoms with Crippen molar-refractivity contribution in [2.75, 3.05) is 39.9 Å². The van der Waals surface area contributed by atoms with E-state index in [-0.39, 0.29) is 0 Å². The van der Waals surface area contributed by atoms with E-state index in [4.69, 9.17) is 4.74 Å². The summed E-state index contributed by atoms with van der Waals surface area (Å²) >= 11 is 0. The summed E-state index contributed by atoms with van der Waals surface area (Å²) in [5, 5.41) is 0. The molecular weight excluding hydrogens is 308 g/mol. The Bertz CT molecular complexity index is 531.